The predicted molar refractivity (Wildman–Crippen MR) is 134 cm³/mol. The van der Waals surface area contributed by atoms with E-state index < -0.39 is 60.4 Å². The summed E-state index contributed by atoms with van der Waals surface area (Å²) in [6, 6.07) is 8.17. The number of carbonyl (C=O) groups is 3. The summed E-state index contributed by atoms with van der Waals surface area (Å²) in [6.07, 6.45) is -0.947. The number of aliphatic hydroxyl groups is 2. The maximum atomic E-state index is 12.6. The van der Waals surface area contributed by atoms with Crippen molar-refractivity contribution in [1.82, 2.24) is 0 Å². The maximum absolute atomic E-state index is 12.6. The lowest BCUT2D eigenvalue weighted by Gasteiger charge is -2.41. The Labute approximate surface area is 222 Å². The van der Waals surface area contributed by atoms with Crippen LogP contribution in [0.3, 0.4) is 0 Å². The number of ether oxygens (including phenoxy) is 4. The molecule has 1 saturated carbocycles. The summed E-state index contributed by atoms with van der Waals surface area (Å²) in [5.74, 6) is -3.64. The number of esters is 3. The molecule has 4 atom stereocenters. The van der Waals surface area contributed by atoms with Crippen LogP contribution < -0.4 is 4.74 Å². The number of hydrogen-bond acceptors (Lipinski definition) is 12. The lowest BCUT2D eigenvalue weighted by atomic mass is 9.79. The fraction of sp³-hybridized carbons (Fsp3) is 0.296. The third kappa shape index (κ3) is 7.27. The topological polar surface area (TPSA) is 189 Å². The van der Waals surface area contributed by atoms with Crippen molar-refractivity contribution in [3.63, 3.8) is 0 Å². The molecule has 1 aliphatic rings. The van der Waals surface area contributed by atoms with E-state index in [2.05, 4.69) is 4.74 Å². The Morgan fingerprint density at radius 1 is 0.846 bits per heavy atom. The Bertz CT molecular complexity index is 1280. The number of aliphatic hydroxyl groups excluding tert-OH is 1. The van der Waals surface area contributed by atoms with Crippen LogP contribution in [-0.2, 0) is 28.6 Å². The molecule has 1 aliphatic carbocycles. The summed E-state index contributed by atoms with van der Waals surface area (Å²) in [6.45, 7) is 0. The fourth-order valence-electron chi connectivity index (χ4n) is 3.99. The molecule has 39 heavy (non-hydrogen) atoms. The van der Waals surface area contributed by atoms with Crippen molar-refractivity contribution >= 4 is 30.1 Å². The summed E-state index contributed by atoms with van der Waals surface area (Å²) in [7, 11) is 2.40. The summed E-state index contributed by atoms with van der Waals surface area (Å²) < 4.78 is 20.3. The van der Waals surface area contributed by atoms with Gasteiger partial charge in [0, 0.05) is 25.0 Å². The number of benzene rings is 2. The smallest absolute Gasteiger partial charge is 0.338 e. The minimum atomic E-state index is -2.22. The molecule has 2 aromatic carbocycles. The van der Waals surface area contributed by atoms with E-state index in [4.69, 9.17) is 14.2 Å². The van der Waals surface area contributed by atoms with Crippen LogP contribution in [0.2, 0.25) is 0 Å². The number of phenolic OH excluding ortho intramolecular Hbond substituents is 3. The first-order chi connectivity index (χ1) is 18.4. The highest BCUT2D eigenvalue weighted by Gasteiger charge is 2.52. The van der Waals surface area contributed by atoms with Crippen LogP contribution in [0.5, 0.6) is 23.0 Å². The first-order valence-corrected chi connectivity index (χ1v) is 11.6. The molecule has 0 spiro atoms. The van der Waals surface area contributed by atoms with Gasteiger partial charge in [0.25, 0.3) is 0 Å². The van der Waals surface area contributed by atoms with Crippen LogP contribution in [0.15, 0.2) is 48.6 Å². The highest BCUT2D eigenvalue weighted by atomic mass is 16.6. The number of aromatic hydroxyl groups is 3. The molecule has 1 fully saturated rings. The quantitative estimate of drug-likeness (QED) is 0.139. The maximum Gasteiger partial charge on any atom is 0.338 e. The van der Waals surface area contributed by atoms with E-state index in [1.54, 1.807) is 0 Å². The third-order valence-electron chi connectivity index (χ3n) is 5.94. The second kappa shape index (κ2) is 12.3. The molecule has 12 nitrogen and oxygen atoms in total. The van der Waals surface area contributed by atoms with Gasteiger partial charge in [-0.2, -0.15) is 0 Å². The van der Waals surface area contributed by atoms with Gasteiger partial charge in [0.15, 0.2) is 34.7 Å². The van der Waals surface area contributed by atoms with E-state index in [9.17, 15) is 39.9 Å². The van der Waals surface area contributed by atoms with Gasteiger partial charge in [-0.25, -0.2) is 14.4 Å². The first-order valence-electron chi connectivity index (χ1n) is 11.6. The monoisotopic (exact) mass is 544 g/mol. The summed E-state index contributed by atoms with van der Waals surface area (Å²) >= 11 is 0. The number of phenols is 3. The molecule has 5 N–H and O–H groups in total. The molecule has 0 amide bonds. The van der Waals surface area contributed by atoms with Crippen molar-refractivity contribution in [3.8, 4) is 23.0 Å². The average Bonchev–Trinajstić information content (AvgIpc) is 2.90. The number of methoxy groups -OCH3 is 2. The Morgan fingerprint density at radius 2 is 1.44 bits per heavy atom. The lowest BCUT2D eigenvalue weighted by Crippen LogP contribution is -2.58. The van der Waals surface area contributed by atoms with E-state index in [1.165, 1.54) is 55.7 Å². The third-order valence-corrected chi connectivity index (χ3v) is 5.94. The van der Waals surface area contributed by atoms with Gasteiger partial charge in [-0.15, -0.1) is 0 Å². The van der Waals surface area contributed by atoms with Crippen molar-refractivity contribution in [2.24, 2.45) is 0 Å². The molecule has 0 radical (unpaired) electrons. The van der Waals surface area contributed by atoms with E-state index in [0.29, 0.717) is 11.1 Å². The zero-order valence-electron chi connectivity index (χ0n) is 21.0. The van der Waals surface area contributed by atoms with E-state index in [0.717, 1.165) is 19.3 Å². The van der Waals surface area contributed by atoms with E-state index in [1.807, 2.05) is 0 Å². The lowest BCUT2D eigenvalue weighted by molar-refractivity contribution is -0.206. The number of rotatable bonds is 8. The van der Waals surface area contributed by atoms with Gasteiger partial charge in [0.1, 0.15) is 6.10 Å². The average molecular weight is 545 g/mol. The molecule has 0 aromatic heterocycles. The zero-order valence-corrected chi connectivity index (χ0v) is 21.0. The Hall–Kier alpha value is -4.55. The van der Waals surface area contributed by atoms with Crippen molar-refractivity contribution in [1.29, 1.82) is 0 Å². The molecule has 0 unspecified atom stereocenters. The first kappa shape index (κ1) is 29.0. The normalized spacial score (nSPS) is 22.9. The van der Waals surface area contributed by atoms with Crippen LogP contribution in [0.1, 0.15) is 24.0 Å². The van der Waals surface area contributed by atoms with Crippen LogP contribution in [0.4, 0.5) is 0 Å². The summed E-state index contributed by atoms with van der Waals surface area (Å²) in [4.78, 5) is 37.3. The van der Waals surface area contributed by atoms with Gasteiger partial charge in [-0.3, -0.25) is 0 Å². The number of hydrogen-bond donors (Lipinski definition) is 5. The minimum absolute atomic E-state index is 0.0958. The van der Waals surface area contributed by atoms with Gasteiger partial charge in [-0.1, -0.05) is 12.1 Å². The highest BCUT2D eigenvalue weighted by Crippen LogP contribution is 2.34. The van der Waals surface area contributed by atoms with Crippen LogP contribution >= 0.6 is 0 Å². The molecule has 0 aliphatic heterocycles. The largest absolute Gasteiger partial charge is 0.504 e. The standard InChI is InChI=1S/C27H28O12/c1-36-21-12-16(4-8-18(21)29)6-10-24(33)39-25-20(31)13-27(35,26(34)37-2)14-22(25)38-23(32)9-5-15-3-7-17(28)19(30)11-15/h3-12,20,22,25,28-31,35H,13-14H2,1-2H3/b9-5+,10-6+/t20-,22-,25-,27+/m0/s1. The molecule has 208 valence electrons. The number of carbonyl (C=O) groups excluding carboxylic acids is 3. The van der Waals surface area contributed by atoms with Crippen LogP contribution in [-0.4, -0.2) is 81.6 Å². The molecule has 0 bridgehead atoms. The van der Waals surface area contributed by atoms with E-state index >= 15 is 0 Å². The SMILES string of the molecule is COC(=O)[C@]1(O)C[C@H](OC(=O)/C=C/c2ccc(O)c(O)c2)[C@@H](OC(=O)/C=C/c2ccc(O)c(OC)c2)[C@@H](O)C1. The molecule has 0 saturated heterocycles. The van der Waals surface area contributed by atoms with Gasteiger partial charge >= 0.3 is 17.9 Å². The van der Waals surface area contributed by atoms with Crippen molar-refractivity contribution < 1.29 is 58.9 Å². The minimum Gasteiger partial charge on any atom is -0.504 e. The second-order valence-electron chi connectivity index (χ2n) is 8.72. The fourth-order valence-corrected chi connectivity index (χ4v) is 3.99. The molecular formula is C27H28O12. The summed E-state index contributed by atoms with van der Waals surface area (Å²) in [5.41, 5.74) is -1.39. The van der Waals surface area contributed by atoms with Gasteiger partial charge < -0.3 is 44.5 Å². The van der Waals surface area contributed by atoms with Crippen LogP contribution in [0.25, 0.3) is 12.2 Å². The Kier molecular flexibility index (Phi) is 9.17. The van der Waals surface area contributed by atoms with Crippen molar-refractivity contribution in [2.45, 2.75) is 36.8 Å². The van der Waals surface area contributed by atoms with Gasteiger partial charge in [-0.05, 0) is 47.5 Å². The highest BCUT2D eigenvalue weighted by molar-refractivity contribution is 5.88. The second-order valence-corrected chi connectivity index (χ2v) is 8.72. The van der Waals surface area contributed by atoms with Gasteiger partial charge in [0.2, 0.25) is 0 Å². The molecule has 2 aromatic rings. The predicted octanol–water partition coefficient (Wildman–Crippen LogP) is 1.42. The molecular weight excluding hydrogens is 516 g/mol. The van der Waals surface area contributed by atoms with E-state index in [-0.39, 0.29) is 17.2 Å². The zero-order chi connectivity index (χ0) is 28.7. The molecule has 12 heteroatoms. The van der Waals surface area contributed by atoms with Gasteiger partial charge in [0.05, 0.1) is 20.3 Å². The van der Waals surface area contributed by atoms with Crippen molar-refractivity contribution in [3.05, 3.63) is 59.7 Å². The Balaban J connectivity index is 1.77. The molecule has 0 heterocycles. The van der Waals surface area contributed by atoms with Crippen molar-refractivity contribution in [2.75, 3.05) is 14.2 Å². The molecule has 3 rings (SSSR count). The summed E-state index contributed by atoms with van der Waals surface area (Å²) in [5, 5.41) is 50.1. The van der Waals surface area contributed by atoms with Crippen LogP contribution in [0, 0.1) is 0 Å². The Morgan fingerprint density at radius 3 is 2.03 bits per heavy atom.